The molecule has 7 heteroatoms. The Labute approximate surface area is 155 Å². The first-order chi connectivity index (χ1) is 12.9. The van der Waals surface area contributed by atoms with Gasteiger partial charge >= 0.3 is 0 Å². The molecule has 0 saturated carbocycles. The number of pyridine rings is 1. The minimum atomic E-state index is -3.86. The maximum Gasteiger partial charge on any atom is 0.269 e. The van der Waals surface area contributed by atoms with Crippen LogP contribution in [0.5, 0.6) is 0 Å². The molecule has 6 nitrogen and oxygen atoms in total. The fraction of sp³-hybridized carbons (Fsp3) is 0.0500. The van der Waals surface area contributed by atoms with E-state index in [9.17, 15) is 18.5 Å². The molecular formula is C20H14N2O4S. The second kappa shape index (κ2) is 6.14. The van der Waals surface area contributed by atoms with Crippen LogP contribution in [-0.2, 0) is 9.84 Å². The molecule has 0 N–H and O–H groups in total. The first kappa shape index (κ1) is 17.1. The zero-order valence-electron chi connectivity index (χ0n) is 14.3. The molecular weight excluding hydrogens is 364 g/mol. The fourth-order valence-electron chi connectivity index (χ4n) is 3.15. The summed E-state index contributed by atoms with van der Waals surface area (Å²) in [6.45, 7) is 1.75. The Morgan fingerprint density at radius 2 is 1.63 bits per heavy atom. The normalized spacial score (nSPS) is 11.7. The Balaban J connectivity index is 2.00. The van der Waals surface area contributed by atoms with E-state index in [2.05, 4.69) is 4.98 Å². The number of aromatic nitrogens is 1. The lowest BCUT2D eigenvalue weighted by atomic mass is 10.1. The van der Waals surface area contributed by atoms with Crippen molar-refractivity contribution >= 4 is 37.2 Å². The molecule has 4 rings (SSSR count). The van der Waals surface area contributed by atoms with Gasteiger partial charge in [-0.05, 0) is 30.5 Å². The van der Waals surface area contributed by atoms with Gasteiger partial charge in [0.1, 0.15) is 0 Å². The molecule has 134 valence electrons. The fourth-order valence-corrected chi connectivity index (χ4v) is 4.68. The second-order valence-electron chi connectivity index (χ2n) is 6.20. The predicted octanol–water partition coefficient (Wildman–Crippen LogP) is 4.44. The van der Waals surface area contributed by atoms with E-state index in [-0.39, 0.29) is 15.5 Å². The molecule has 3 aromatic carbocycles. The van der Waals surface area contributed by atoms with Crippen LogP contribution < -0.4 is 0 Å². The first-order valence-electron chi connectivity index (χ1n) is 8.16. The molecule has 0 aliphatic rings. The number of rotatable bonds is 3. The van der Waals surface area contributed by atoms with Gasteiger partial charge in [-0.25, -0.2) is 8.42 Å². The molecule has 0 saturated heterocycles. The van der Waals surface area contributed by atoms with Crippen molar-refractivity contribution in [2.45, 2.75) is 16.7 Å². The van der Waals surface area contributed by atoms with Gasteiger partial charge in [0.05, 0.1) is 20.2 Å². The van der Waals surface area contributed by atoms with Crippen LogP contribution >= 0.6 is 0 Å². The lowest BCUT2D eigenvalue weighted by molar-refractivity contribution is -0.384. The van der Waals surface area contributed by atoms with Gasteiger partial charge in [-0.2, -0.15) is 0 Å². The van der Waals surface area contributed by atoms with Crippen LogP contribution in [0.15, 0.2) is 76.5 Å². The Hall–Kier alpha value is -3.32. The molecule has 0 aliphatic heterocycles. The molecule has 1 aromatic heterocycles. The van der Waals surface area contributed by atoms with E-state index in [1.807, 2.05) is 30.3 Å². The zero-order valence-corrected chi connectivity index (χ0v) is 15.1. The summed E-state index contributed by atoms with van der Waals surface area (Å²) >= 11 is 0. The van der Waals surface area contributed by atoms with Gasteiger partial charge in [0.25, 0.3) is 5.69 Å². The number of nitrogens with zero attached hydrogens (tertiary/aromatic N) is 2. The average molecular weight is 378 g/mol. The van der Waals surface area contributed by atoms with Crippen LogP contribution in [0.4, 0.5) is 5.69 Å². The summed E-state index contributed by atoms with van der Waals surface area (Å²) in [5, 5.41) is 13.2. The number of hydrogen-bond donors (Lipinski definition) is 0. The SMILES string of the molecule is Cc1cc(S(=O)(=O)c2ccc([N+](=O)[O-])cc2)c2ccc3ccccc3c2n1. The molecule has 0 aliphatic carbocycles. The highest BCUT2D eigenvalue weighted by Gasteiger charge is 2.23. The van der Waals surface area contributed by atoms with Gasteiger partial charge in [0, 0.05) is 28.6 Å². The summed E-state index contributed by atoms with van der Waals surface area (Å²) in [6, 6.07) is 17.7. The van der Waals surface area contributed by atoms with E-state index in [4.69, 9.17) is 0 Å². The van der Waals surface area contributed by atoms with Crippen molar-refractivity contribution in [3.05, 3.63) is 82.5 Å². The minimum Gasteiger partial charge on any atom is -0.258 e. The van der Waals surface area contributed by atoms with Gasteiger partial charge in [0.15, 0.2) is 0 Å². The first-order valence-corrected chi connectivity index (χ1v) is 9.65. The minimum absolute atomic E-state index is 0.00755. The number of hydrogen-bond acceptors (Lipinski definition) is 5. The summed E-state index contributed by atoms with van der Waals surface area (Å²) in [5.74, 6) is 0. The summed E-state index contributed by atoms with van der Waals surface area (Å²) in [5.41, 5.74) is 1.05. The van der Waals surface area contributed by atoms with E-state index in [1.165, 1.54) is 30.3 Å². The number of nitro groups is 1. The quantitative estimate of drug-likeness (QED) is 0.299. The lowest BCUT2D eigenvalue weighted by Gasteiger charge is -2.11. The third-order valence-electron chi connectivity index (χ3n) is 4.44. The number of aryl methyl sites for hydroxylation is 1. The molecule has 0 bridgehead atoms. The van der Waals surface area contributed by atoms with Gasteiger partial charge in [-0.15, -0.1) is 0 Å². The van der Waals surface area contributed by atoms with Crippen LogP contribution in [0.2, 0.25) is 0 Å². The van der Waals surface area contributed by atoms with Crippen LogP contribution in [-0.4, -0.2) is 18.3 Å². The zero-order chi connectivity index (χ0) is 19.2. The number of nitro benzene ring substituents is 1. The Morgan fingerprint density at radius 3 is 2.33 bits per heavy atom. The summed E-state index contributed by atoms with van der Waals surface area (Å²) in [4.78, 5) is 15.0. The highest BCUT2D eigenvalue weighted by Crippen LogP contribution is 2.32. The number of non-ortho nitro benzene ring substituents is 1. The molecule has 4 aromatic rings. The van der Waals surface area contributed by atoms with E-state index in [1.54, 1.807) is 13.0 Å². The van der Waals surface area contributed by atoms with Crippen LogP contribution in [0.25, 0.3) is 21.7 Å². The van der Waals surface area contributed by atoms with E-state index in [0.29, 0.717) is 16.6 Å². The third kappa shape index (κ3) is 2.82. The Morgan fingerprint density at radius 1 is 0.926 bits per heavy atom. The topological polar surface area (TPSA) is 90.2 Å². The molecule has 0 amide bonds. The highest BCUT2D eigenvalue weighted by molar-refractivity contribution is 7.91. The summed E-state index contributed by atoms with van der Waals surface area (Å²) in [7, 11) is -3.86. The molecule has 27 heavy (non-hydrogen) atoms. The Bertz CT molecular complexity index is 1310. The molecule has 1 heterocycles. The molecule has 0 atom stereocenters. The number of fused-ring (bicyclic) bond motifs is 3. The summed E-state index contributed by atoms with van der Waals surface area (Å²) < 4.78 is 26.4. The van der Waals surface area contributed by atoms with E-state index >= 15 is 0 Å². The van der Waals surface area contributed by atoms with Crippen molar-refractivity contribution in [1.29, 1.82) is 0 Å². The van der Waals surface area contributed by atoms with Crippen LogP contribution in [0.3, 0.4) is 0 Å². The smallest absolute Gasteiger partial charge is 0.258 e. The Kier molecular flexibility index (Phi) is 3.89. The molecule has 0 fully saturated rings. The van der Waals surface area contributed by atoms with E-state index < -0.39 is 14.8 Å². The standard InChI is InChI=1S/C20H14N2O4S/c1-13-12-19(27(25,26)16-9-7-15(8-10-16)22(23)24)18-11-6-14-4-2-3-5-17(14)20(18)21-13/h2-12H,1H3. The monoisotopic (exact) mass is 378 g/mol. The largest absolute Gasteiger partial charge is 0.269 e. The highest BCUT2D eigenvalue weighted by atomic mass is 32.2. The lowest BCUT2D eigenvalue weighted by Crippen LogP contribution is -2.05. The number of sulfone groups is 1. The van der Waals surface area contributed by atoms with E-state index in [0.717, 1.165) is 10.8 Å². The maximum atomic E-state index is 13.2. The summed E-state index contributed by atoms with van der Waals surface area (Å²) in [6.07, 6.45) is 0. The third-order valence-corrected chi connectivity index (χ3v) is 6.25. The van der Waals surface area contributed by atoms with Gasteiger partial charge in [0.2, 0.25) is 9.84 Å². The van der Waals surface area contributed by atoms with Crippen LogP contribution in [0, 0.1) is 17.0 Å². The van der Waals surface area contributed by atoms with Crippen molar-refractivity contribution in [2.24, 2.45) is 0 Å². The molecule has 0 spiro atoms. The van der Waals surface area contributed by atoms with Crippen molar-refractivity contribution in [2.75, 3.05) is 0 Å². The van der Waals surface area contributed by atoms with Crippen molar-refractivity contribution in [3.8, 4) is 0 Å². The van der Waals surface area contributed by atoms with Gasteiger partial charge < -0.3 is 0 Å². The van der Waals surface area contributed by atoms with Crippen LogP contribution in [0.1, 0.15) is 5.69 Å². The van der Waals surface area contributed by atoms with Gasteiger partial charge in [-0.3, -0.25) is 15.1 Å². The van der Waals surface area contributed by atoms with Gasteiger partial charge in [-0.1, -0.05) is 36.4 Å². The molecule has 0 radical (unpaired) electrons. The second-order valence-corrected chi connectivity index (χ2v) is 8.12. The maximum absolute atomic E-state index is 13.2. The predicted molar refractivity (Wildman–Crippen MR) is 103 cm³/mol. The average Bonchev–Trinajstić information content (AvgIpc) is 2.67. The number of benzene rings is 3. The van der Waals surface area contributed by atoms with Crippen molar-refractivity contribution in [1.82, 2.24) is 4.98 Å². The van der Waals surface area contributed by atoms with Crippen molar-refractivity contribution in [3.63, 3.8) is 0 Å². The molecule has 0 unspecified atom stereocenters. The van der Waals surface area contributed by atoms with Crippen molar-refractivity contribution < 1.29 is 13.3 Å².